The predicted molar refractivity (Wildman–Crippen MR) is 64.4 cm³/mol. The second-order valence-corrected chi connectivity index (χ2v) is 4.63. The molecule has 0 saturated carbocycles. The minimum atomic E-state index is -0.0286. The van der Waals surface area contributed by atoms with E-state index in [9.17, 15) is 4.79 Å². The number of aromatic nitrogens is 1. The van der Waals surface area contributed by atoms with E-state index >= 15 is 0 Å². The second-order valence-electron chi connectivity index (χ2n) is 4.20. The molecule has 3 heterocycles. The van der Waals surface area contributed by atoms with Crippen molar-refractivity contribution in [3.8, 4) is 0 Å². The number of halogens is 1. The van der Waals surface area contributed by atoms with Gasteiger partial charge < -0.3 is 15.0 Å². The van der Waals surface area contributed by atoms with Gasteiger partial charge in [0.2, 0.25) is 5.91 Å². The van der Waals surface area contributed by atoms with Crippen LogP contribution in [0.15, 0.2) is 12.3 Å². The van der Waals surface area contributed by atoms with Crippen LogP contribution in [-0.4, -0.2) is 36.7 Å². The molecule has 1 aromatic rings. The molecule has 17 heavy (non-hydrogen) atoms. The highest BCUT2D eigenvalue weighted by molar-refractivity contribution is 6.30. The average molecular weight is 254 g/mol. The standard InChI is InChI=1S/C11H12ClN3O2/c12-7-3-9-11(13-5-7)14-10(16)4-8-6-17-2-1-15(8)9/h3,5,8H,1-2,4,6H2,(H,13,14,16)/t8-/m0/s1. The zero-order valence-electron chi connectivity index (χ0n) is 9.15. The maximum atomic E-state index is 11.7. The van der Waals surface area contributed by atoms with Gasteiger partial charge >= 0.3 is 0 Å². The summed E-state index contributed by atoms with van der Waals surface area (Å²) in [4.78, 5) is 18.0. The number of morpholine rings is 1. The van der Waals surface area contributed by atoms with Gasteiger partial charge in [-0.05, 0) is 6.07 Å². The Hall–Kier alpha value is -1.33. The number of rotatable bonds is 0. The molecule has 0 bridgehead atoms. The summed E-state index contributed by atoms with van der Waals surface area (Å²) in [6, 6.07) is 1.92. The fourth-order valence-electron chi connectivity index (χ4n) is 2.28. The summed E-state index contributed by atoms with van der Waals surface area (Å²) in [5.41, 5.74) is 0.886. The van der Waals surface area contributed by atoms with Gasteiger partial charge in [0, 0.05) is 19.2 Å². The summed E-state index contributed by atoms with van der Waals surface area (Å²) in [6.45, 7) is 1.99. The molecule has 0 spiro atoms. The fraction of sp³-hybridized carbons (Fsp3) is 0.455. The molecule has 2 aliphatic rings. The average Bonchev–Trinajstić information content (AvgIpc) is 2.45. The van der Waals surface area contributed by atoms with Gasteiger partial charge in [-0.2, -0.15) is 0 Å². The number of ether oxygens (including phenoxy) is 1. The molecule has 2 aliphatic heterocycles. The molecule has 0 aliphatic carbocycles. The number of hydrogen-bond donors (Lipinski definition) is 1. The van der Waals surface area contributed by atoms with Crippen molar-refractivity contribution in [2.45, 2.75) is 12.5 Å². The van der Waals surface area contributed by atoms with E-state index in [4.69, 9.17) is 16.3 Å². The van der Waals surface area contributed by atoms with Crippen molar-refractivity contribution >= 4 is 29.0 Å². The number of carbonyl (C=O) groups is 1. The van der Waals surface area contributed by atoms with Crippen molar-refractivity contribution < 1.29 is 9.53 Å². The summed E-state index contributed by atoms with van der Waals surface area (Å²) in [6.07, 6.45) is 1.97. The van der Waals surface area contributed by atoms with Crippen LogP contribution in [0.1, 0.15) is 6.42 Å². The van der Waals surface area contributed by atoms with Crippen LogP contribution in [0.3, 0.4) is 0 Å². The smallest absolute Gasteiger partial charge is 0.227 e. The summed E-state index contributed by atoms with van der Waals surface area (Å²) in [5.74, 6) is 0.558. The molecule has 0 unspecified atom stereocenters. The Labute approximate surface area is 104 Å². The van der Waals surface area contributed by atoms with Crippen molar-refractivity contribution in [1.82, 2.24) is 4.98 Å². The Morgan fingerprint density at radius 2 is 2.47 bits per heavy atom. The maximum Gasteiger partial charge on any atom is 0.227 e. The number of pyridine rings is 1. The largest absolute Gasteiger partial charge is 0.377 e. The van der Waals surface area contributed by atoms with Crippen LogP contribution in [0.25, 0.3) is 0 Å². The summed E-state index contributed by atoms with van der Waals surface area (Å²) < 4.78 is 5.41. The third-order valence-electron chi connectivity index (χ3n) is 3.05. The third-order valence-corrected chi connectivity index (χ3v) is 3.26. The van der Waals surface area contributed by atoms with Gasteiger partial charge in [0.1, 0.15) is 0 Å². The number of nitrogens with zero attached hydrogens (tertiary/aromatic N) is 2. The first kappa shape index (κ1) is 10.8. The molecule has 1 fully saturated rings. The van der Waals surface area contributed by atoms with Crippen LogP contribution >= 0.6 is 11.6 Å². The van der Waals surface area contributed by atoms with Gasteiger partial charge in [0.15, 0.2) is 5.82 Å². The van der Waals surface area contributed by atoms with Gasteiger partial charge in [-0.1, -0.05) is 11.6 Å². The fourth-order valence-corrected chi connectivity index (χ4v) is 2.43. The molecule has 1 amide bonds. The van der Waals surface area contributed by atoms with E-state index in [2.05, 4.69) is 15.2 Å². The molecular formula is C11H12ClN3O2. The molecule has 6 heteroatoms. The SMILES string of the molecule is O=C1C[C@H]2COCCN2c2cc(Cl)cnc2N1. The summed E-state index contributed by atoms with van der Waals surface area (Å²) in [7, 11) is 0. The highest BCUT2D eigenvalue weighted by atomic mass is 35.5. The Kier molecular flexibility index (Phi) is 2.64. The van der Waals surface area contributed by atoms with Crippen LogP contribution in [0.2, 0.25) is 5.02 Å². The quantitative estimate of drug-likeness (QED) is 0.757. The first-order valence-electron chi connectivity index (χ1n) is 5.54. The van der Waals surface area contributed by atoms with Crippen molar-refractivity contribution in [2.75, 3.05) is 30.0 Å². The zero-order chi connectivity index (χ0) is 11.8. The molecule has 1 atom stereocenters. The van der Waals surface area contributed by atoms with Crippen molar-refractivity contribution in [3.63, 3.8) is 0 Å². The van der Waals surface area contributed by atoms with E-state index in [1.54, 1.807) is 6.20 Å². The van der Waals surface area contributed by atoms with Gasteiger partial charge in [-0.3, -0.25) is 4.79 Å². The molecule has 3 rings (SSSR count). The lowest BCUT2D eigenvalue weighted by molar-refractivity contribution is -0.116. The molecule has 1 aromatic heterocycles. The van der Waals surface area contributed by atoms with E-state index in [0.717, 1.165) is 12.2 Å². The van der Waals surface area contributed by atoms with Gasteiger partial charge in [-0.15, -0.1) is 0 Å². The monoisotopic (exact) mass is 253 g/mol. The minimum Gasteiger partial charge on any atom is -0.377 e. The summed E-state index contributed by atoms with van der Waals surface area (Å²) >= 11 is 5.96. The lowest BCUT2D eigenvalue weighted by atomic mass is 10.1. The van der Waals surface area contributed by atoms with E-state index in [0.29, 0.717) is 30.5 Å². The van der Waals surface area contributed by atoms with E-state index < -0.39 is 0 Å². The van der Waals surface area contributed by atoms with Gasteiger partial charge in [0.05, 0.1) is 30.0 Å². The van der Waals surface area contributed by atoms with Crippen molar-refractivity contribution in [2.24, 2.45) is 0 Å². The molecular weight excluding hydrogens is 242 g/mol. The van der Waals surface area contributed by atoms with E-state index in [1.165, 1.54) is 0 Å². The molecule has 0 aromatic carbocycles. The van der Waals surface area contributed by atoms with Crippen LogP contribution in [0.4, 0.5) is 11.5 Å². The van der Waals surface area contributed by atoms with Crippen LogP contribution in [0, 0.1) is 0 Å². The molecule has 1 N–H and O–H groups in total. The van der Waals surface area contributed by atoms with Crippen LogP contribution < -0.4 is 10.2 Å². The first-order chi connectivity index (χ1) is 8.24. The number of fused-ring (bicyclic) bond motifs is 3. The Bertz CT molecular complexity index is 466. The number of carbonyl (C=O) groups excluding carboxylic acids is 1. The summed E-state index contributed by atoms with van der Waals surface area (Å²) in [5, 5.41) is 3.37. The number of nitrogens with one attached hydrogen (secondary N) is 1. The molecule has 5 nitrogen and oxygen atoms in total. The van der Waals surface area contributed by atoms with E-state index in [1.807, 2.05) is 6.07 Å². The lowest BCUT2D eigenvalue weighted by Gasteiger charge is -2.35. The lowest BCUT2D eigenvalue weighted by Crippen LogP contribution is -2.45. The Balaban J connectivity index is 2.07. The first-order valence-corrected chi connectivity index (χ1v) is 5.91. The Morgan fingerprint density at radius 3 is 3.35 bits per heavy atom. The number of amides is 1. The number of hydrogen-bond acceptors (Lipinski definition) is 4. The topological polar surface area (TPSA) is 54.5 Å². The minimum absolute atomic E-state index is 0.0286. The highest BCUT2D eigenvalue weighted by Crippen LogP contribution is 2.32. The Morgan fingerprint density at radius 1 is 1.59 bits per heavy atom. The number of anilines is 2. The molecule has 1 saturated heterocycles. The zero-order valence-corrected chi connectivity index (χ0v) is 9.91. The molecule has 0 radical (unpaired) electrons. The van der Waals surface area contributed by atoms with Gasteiger partial charge in [-0.25, -0.2) is 4.98 Å². The predicted octanol–water partition coefficient (Wildman–Crippen LogP) is 1.28. The van der Waals surface area contributed by atoms with Crippen LogP contribution in [0.5, 0.6) is 0 Å². The third kappa shape index (κ3) is 1.96. The second kappa shape index (κ2) is 4.16. The van der Waals surface area contributed by atoms with Gasteiger partial charge in [0.25, 0.3) is 0 Å². The van der Waals surface area contributed by atoms with Crippen LogP contribution in [-0.2, 0) is 9.53 Å². The molecule has 90 valence electrons. The maximum absolute atomic E-state index is 11.7. The van der Waals surface area contributed by atoms with E-state index in [-0.39, 0.29) is 11.9 Å². The normalized spacial score (nSPS) is 23.5. The van der Waals surface area contributed by atoms with Crippen molar-refractivity contribution in [1.29, 1.82) is 0 Å². The highest BCUT2D eigenvalue weighted by Gasteiger charge is 2.31. The van der Waals surface area contributed by atoms with Crippen molar-refractivity contribution in [3.05, 3.63) is 17.3 Å².